The smallest absolute Gasteiger partial charge is 0.229 e. The fraction of sp³-hybridized carbons (Fsp3) is 0.250. The standard InChI is InChI=1S/C16H19FNO2P/c1-3-20-21(2,19)15-10-6-13(7-11-15)16(18)12-4-8-14(17)9-5-12/h4-11,16H,3,18H2,1-2H3. The van der Waals surface area contributed by atoms with Gasteiger partial charge in [-0.25, -0.2) is 4.39 Å². The monoisotopic (exact) mass is 307 g/mol. The normalized spacial score (nSPS) is 15.4. The molecule has 0 aliphatic rings. The third-order valence-corrected chi connectivity index (χ3v) is 5.31. The van der Waals surface area contributed by atoms with Crippen LogP contribution in [0.25, 0.3) is 0 Å². The Morgan fingerprint density at radius 1 is 1.10 bits per heavy atom. The highest BCUT2D eigenvalue weighted by Gasteiger charge is 2.19. The molecule has 2 rings (SSSR count). The summed E-state index contributed by atoms with van der Waals surface area (Å²) in [5, 5.41) is 0.666. The highest BCUT2D eigenvalue weighted by atomic mass is 31.2. The summed E-state index contributed by atoms with van der Waals surface area (Å²) < 4.78 is 30.5. The molecular weight excluding hydrogens is 288 g/mol. The first-order valence-electron chi connectivity index (χ1n) is 6.77. The molecule has 0 amide bonds. The molecule has 2 N–H and O–H groups in total. The zero-order valence-electron chi connectivity index (χ0n) is 12.1. The van der Waals surface area contributed by atoms with E-state index in [1.54, 1.807) is 30.9 Å². The number of rotatable bonds is 5. The summed E-state index contributed by atoms with van der Waals surface area (Å²) in [6, 6.07) is 13.0. The Bertz CT molecular complexity index is 640. The van der Waals surface area contributed by atoms with Gasteiger partial charge in [0, 0.05) is 12.0 Å². The van der Waals surface area contributed by atoms with Crippen LogP contribution >= 0.6 is 7.37 Å². The zero-order chi connectivity index (χ0) is 15.5. The van der Waals surface area contributed by atoms with E-state index in [0.717, 1.165) is 11.1 Å². The van der Waals surface area contributed by atoms with Gasteiger partial charge in [0.2, 0.25) is 7.37 Å². The molecular formula is C16H19FNO2P. The first-order chi connectivity index (χ1) is 9.94. The summed E-state index contributed by atoms with van der Waals surface area (Å²) >= 11 is 0. The molecule has 0 bridgehead atoms. The van der Waals surface area contributed by atoms with Crippen molar-refractivity contribution in [2.45, 2.75) is 13.0 Å². The van der Waals surface area contributed by atoms with Gasteiger partial charge < -0.3 is 10.3 Å². The predicted octanol–water partition coefficient (Wildman–Crippen LogP) is 3.44. The molecule has 0 saturated heterocycles. The van der Waals surface area contributed by atoms with Crippen molar-refractivity contribution in [1.82, 2.24) is 0 Å². The molecule has 0 saturated carbocycles. The maximum absolute atomic E-state index is 12.9. The molecule has 0 aliphatic heterocycles. The van der Waals surface area contributed by atoms with E-state index in [2.05, 4.69) is 0 Å². The maximum atomic E-state index is 12.9. The van der Waals surface area contributed by atoms with Crippen molar-refractivity contribution in [3.05, 3.63) is 65.5 Å². The second-order valence-corrected chi connectivity index (χ2v) is 7.35. The topological polar surface area (TPSA) is 52.3 Å². The molecule has 0 heterocycles. The van der Waals surface area contributed by atoms with E-state index in [4.69, 9.17) is 10.3 Å². The van der Waals surface area contributed by atoms with Crippen LogP contribution in [0.4, 0.5) is 4.39 Å². The Hall–Kier alpha value is -1.48. The van der Waals surface area contributed by atoms with Crippen LogP contribution in [0.3, 0.4) is 0 Å². The Labute approximate surface area is 124 Å². The second kappa shape index (κ2) is 6.52. The molecule has 3 nitrogen and oxygen atoms in total. The van der Waals surface area contributed by atoms with Crippen LogP contribution in [0.15, 0.2) is 48.5 Å². The van der Waals surface area contributed by atoms with Crippen molar-refractivity contribution in [2.75, 3.05) is 13.3 Å². The third kappa shape index (κ3) is 3.79. The van der Waals surface area contributed by atoms with E-state index >= 15 is 0 Å². The van der Waals surface area contributed by atoms with Gasteiger partial charge in [-0.15, -0.1) is 0 Å². The molecule has 2 unspecified atom stereocenters. The maximum Gasteiger partial charge on any atom is 0.229 e. The van der Waals surface area contributed by atoms with Crippen LogP contribution in [-0.4, -0.2) is 13.3 Å². The van der Waals surface area contributed by atoms with Gasteiger partial charge in [-0.3, -0.25) is 4.57 Å². The molecule has 2 aromatic carbocycles. The van der Waals surface area contributed by atoms with Crippen LogP contribution in [0.2, 0.25) is 0 Å². The zero-order valence-corrected chi connectivity index (χ0v) is 13.0. The highest BCUT2D eigenvalue weighted by Crippen LogP contribution is 2.41. The number of nitrogens with two attached hydrogens (primary N) is 1. The van der Waals surface area contributed by atoms with Gasteiger partial charge in [0.25, 0.3) is 0 Å². The van der Waals surface area contributed by atoms with E-state index in [1.165, 1.54) is 12.1 Å². The number of halogens is 1. The van der Waals surface area contributed by atoms with E-state index in [1.807, 2.05) is 19.1 Å². The van der Waals surface area contributed by atoms with Gasteiger partial charge in [0.05, 0.1) is 12.6 Å². The van der Waals surface area contributed by atoms with Crippen molar-refractivity contribution in [2.24, 2.45) is 5.73 Å². The molecule has 0 aliphatic carbocycles. The average molecular weight is 307 g/mol. The number of hydrogen-bond donors (Lipinski definition) is 1. The fourth-order valence-corrected chi connectivity index (χ4v) is 3.47. The van der Waals surface area contributed by atoms with E-state index < -0.39 is 7.37 Å². The Kier molecular flexibility index (Phi) is 4.94. The van der Waals surface area contributed by atoms with Crippen LogP contribution < -0.4 is 11.0 Å². The van der Waals surface area contributed by atoms with Crippen molar-refractivity contribution in [1.29, 1.82) is 0 Å². The van der Waals surface area contributed by atoms with Gasteiger partial charge in [0.1, 0.15) is 5.82 Å². The van der Waals surface area contributed by atoms with Crippen LogP contribution in [-0.2, 0) is 9.09 Å². The predicted molar refractivity (Wildman–Crippen MR) is 83.7 cm³/mol. The Balaban J connectivity index is 2.22. The largest absolute Gasteiger partial charge is 0.326 e. The van der Waals surface area contributed by atoms with Gasteiger partial charge in [-0.1, -0.05) is 24.3 Å². The number of benzene rings is 2. The first-order valence-corrected chi connectivity index (χ1v) is 8.85. The lowest BCUT2D eigenvalue weighted by atomic mass is 10.00. The minimum Gasteiger partial charge on any atom is -0.326 e. The Morgan fingerprint density at radius 2 is 1.57 bits per heavy atom. The van der Waals surface area contributed by atoms with Gasteiger partial charge in [-0.05, 0) is 42.3 Å². The molecule has 112 valence electrons. The van der Waals surface area contributed by atoms with Gasteiger partial charge >= 0.3 is 0 Å². The SMILES string of the molecule is CCOP(C)(=O)c1ccc(C(N)c2ccc(F)cc2)cc1. The lowest BCUT2D eigenvalue weighted by molar-refractivity contribution is 0.345. The number of hydrogen-bond acceptors (Lipinski definition) is 3. The van der Waals surface area contributed by atoms with Crippen LogP contribution in [0, 0.1) is 5.82 Å². The lowest BCUT2D eigenvalue weighted by Gasteiger charge is -2.16. The summed E-state index contributed by atoms with van der Waals surface area (Å²) in [6.07, 6.45) is 0. The van der Waals surface area contributed by atoms with Crippen molar-refractivity contribution in [3.8, 4) is 0 Å². The summed E-state index contributed by atoms with van der Waals surface area (Å²) in [6.45, 7) is 3.82. The van der Waals surface area contributed by atoms with Crippen molar-refractivity contribution < 1.29 is 13.5 Å². The van der Waals surface area contributed by atoms with Crippen molar-refractivity contribution >= 4 is 12.7 Å². The molecule has 2 atom stereocenters. The molecule has 0 spiro atoms. The van der Waals surface area contributed by atoms with Crippen LogP contribution in [0.5, 0.6) is 0 Å². The quantitative estimate of drug-likeness (QED) is 0.861. The van der Waals surface area contributed by atoms with E-state index in [-0.39, 0.29) is 11.9 Å². The molecule has 0 radical (unpaired) electrons. The van der Waals surface area contributed by atoms with Gasteiger partial charge in [-0.2, -0.15) is 0 Å². The van der Waals surface area contributed by atoms with Gasteiger partial charge in [0.15, 0.2) is 0 Å². The van der Waals surface area contributed by atoms with E-state index in [9.17, 15) is 8.96 Å². The third-order valence-electron chi connectivity index (χ3n) is 3.33. The second-order valence-electron chi connectivity index (χ2n) is 4.88. The Morgan fingerprint density at radius 3 is 2.05 bits per heavy atom. The fourth-order valence-electron chi connectivity index (χ4n) is 2.14. The summed E-state index contributed by atoms with van der Waals surface area (Å²) in [5.74, 6) is -0.287. The molecule has 5 heteroatoms. The molecule has 0 aromatic heterocycles. The lowest BCUT2D eigenvalue weighted by Crippen LogP contribution is -2.13. The van der Waals surface area contributed by atoms with Crippen molar-refractivity contribution in [3.63, 3.8) is 0 Å². The highest BCUT2D eigenvalue weighted by molar-refractivity contribution is 7.66. The summed E-state index contributed by atoms with van der Waals surface area (Å²) in [5.41, 5.74) is 7.87. The first kappa shape index (κ1) is 15.9. The average Bonchev–Trinajstić information content (AvgIpc) is 2.47. The minimum atomic E-state index is -2.76. The molecule has 2 aromatic rings. The summed E-state index contributed by atoms with van der Waals surface area (Å²) in [4.78, 5) is 0. The van der Waals surface area contributed by atoms with Crippen LogP contribution in [0.1, 0.15) is 24.1 Å². The minimum absolute atomic E-state index is 0.287. The summed E-state index contributed by atoms with van der Waals surface area (Å²) in [7, 11) is -2.76. The molecule has 0 fully saturated rings. The molecule has 21 heavy (non-hydrogen) atoms. The van der Waals surface area contributed by atoms with E-state index in [0.29, 0.717) is 11.9 Å².